The molecular formula is C72H119F3N12O15. The summed E-state index contributed by atoms with van der Waals surface area (Å²) in [7, 11) is 9.23. The molecule has 0 saturated carbocycles. The molecular weight excluding hydrogens is 1330 g/mol. The number of carbonyl (C=O) groups is 12. The molecule has 2 saturated heterocycles. The summed E-state index contributed by atoms with van der Waals surface area (Å²) in [5, 5.41) is 19.0. The first-order valence-corrected chi connectivity index (χ1v) is 35.6. The minimum Gasteiger partial charge on any atom is -0.388 e. The lowest BCUT2D eigenvalue weighted by Crippen LogP contribution is -2.64. The van der Waals surface area contributed by atoms with E-state index in [2.05, 4.69) is 16.0 Å². The maximum atomic E-state index is 15.4. The zero-order valence-corrected chi connectivity index (χ0v) is 64.1. The highest BCUT2D eigenvalue weighted by atomic mass is 19.4. The summed E-state index contributed by atoms with van der Waals surface area (Å²) in [6.07, 6.45) is -2.52. The van der Waals surface area contributed by atoms with Crippen LogP contribution in [0.25, 0.3) is 0 Å². The van der Waals surface area contributed by atoms with E-state index in [0.29, 0.717) is 44.3 Å². The zero-order chi connectivity index (χ0) is 77.6. The smallest absolute Gasteiger partial charge is 0.388 e. The van der Waals surface area contributed by atoms with Crippen molar-refractivity contribution in [3.05, 3.63) is 35.4 Å². The molecule has 8 atom stereocenters. The Labute approximate surface area is 601 Å². The number of nitrogens with zero attached hydrogens (tertiary/aromatic N) is 9. The summed E-state index contributed by atoms with van der Waals surface area (Å²) < 4.78 is 52.9. The van der Waals surface area contributed by atoms with Crippen molar-refractivity contribution in [1.29, 1.82) is 0 Å². The third-order valence-corrected chi connectivity index (χ3v) is 18.8. The van der Waals surface area contributed by atoms with Crippen LogP contribution in [-0.2, 0) is 79.6 Å². The Balaban J connectivity index is 2.37. The Morgan fingerprint density at radius 3 is 1.73 bits per heavy atom. The number of ether oxygens (including phenoxy) is 2. The first kappa shape index (κ1) is 88.7. The fourth-order valence-electron chi connectivity index (χ4n) is 12.0. The van der Waals surface area contributed by atoms with Gasteiger partial charge in [-0.1, -0.05) is 73.9 Å². The van der Waals surface area contributed by atoms with Crippen LogP contribution in [0.4, 0.5) is 13.2 Å². The molecule has 4 N–H and O–H groups in total. The fraction of sp³-hybridized carbons (Fsp3) is 0.750. The highest BCUT2D eigenvalue weighted by molar-refractivity contribution is 6.00. The molecule has 1 aromatic carbocycles. The van der Waals surface area contributed by atoms with Crippen molar-refractivity contribution in [3.63, 3.8) is 0 Å². The maximum absolute atomic E-state index is 15.4. The van der Waals surface area contributed by atoms with E-state index in [1.807, 2.05) is 48.5 Å². The Bertz CT molecular complexity index is 3010. The van der Waals surface area contributed by atoms with E-state index in [1.54, 1.807) is 18.7 Å². The van der Waals surface area contributed by atoms with Crippen molar-refractivity contribution in [2.24, 2.45) is 23.7 Å². The molecule has 1 aromatic rings. The number of carbonyl (C=O) groups excluding carboxylic acids is 12. The van der Waals surface area contributed by atoms with Crippen LogP contribution >= 0.6 is 0 Å². The van der Waals surface area contributed by atoms with Gasteiger partial charge in [0.25, 0.3) is 0 Å². The topological polar surface area (TPSA) is 309 Å². The van der Waals surface area contributed by atoms with E-state index in [-0.39, 0.29) is 69.8 Å². The van der Waals surface area contributed by atoms with Gasteiger partial charge in [0, 0.05) is 75.6 Å². The summed E-state index contributed by atoms with van der Waals surface area (Å²) >= 11 is 0. The Kier molecular flexibility index (Phi) is 34.8. The predicted octanol–water partition coefficient (Wildman–Crippen LogP) is 3.81. The van der Waals surface area contributed by atoms with Crippen LogP contribution in [0.5, 0.6) is 0 Å². The fourth-order valence-corrected chi connectivity index (χ4v) is 12.0. The minimum absolute atomic E-state index is 0.0132. The van der Waals surface area contributed by atoms with E-state index in [9.17, 15) is 56.6 Å². The van der Waals surface area contributed by atoms with Crippen LogP contribution < -0.4 is 16.0 Å². The van der Waals surface area contributed by atoms with Crippen LogP contribution in [0.1, 0.15) is 159 Å². The molecule has 2 aliphatic rings. The standard InChI is InChI=1S/C72H119F3N12O15/c1-21-48(9)61-68(98)86(22-2)41-59(90)79(14)40-60(91)82(17)56(43-101-35-32-45(3)4)65(95)80(15)39-57(88)76-51(31-28-49-26-29-50(30-27-49)72(73,74)75)64(94)84(19)55(42-102-44-70(10,11)100)63(93)78-71(12,13)69(99)85(20)53(37-47(7)8)66(96)83(18)54(67(97)87-33-24-23-25-34-87)38-58(89)81(16)52(36-46(5)6)62(92)77-61/h26-27,29-30,45-48,51-56,61,100H,21-25,28,31-44H2,1-20H3,(H,76,88)(H,77,92)(H,78,93)/t48-,51-,52-,53-,54?,55-,56-,61-/m0/s1. The number of hydrogen-bond acceptors (Lipinski definition) is 15. The first-order chi connectivity index (χ1) is 47.3. The largest absolute Gasteiger partial charge is 0.416 e. The molecule has 2 heterocycles. The van der Waals surface area contributed by atoms with Crippen molar-refractivity contribution >= 4 is 70.9 Å². The molecule has 3 rings (SSSR count). The molecule has 578 valence electrons. The average molecular weight is 1450 g/mol. The second-order valence-electron chi connectivity index (χ2n) is 30.0. The molecule has 30 heteroatoms. The molecule has 0 radical (unpaired) electrons. The molecule has 1 unspecified atom stereocenters. The number of likely N-dealkylation sites (N-methyl/N-ethyl adjacent to an activating group) is 8. The van der Waals surface area contributed by atoms with Crippen molar-refractivity contribution in [3.8, 4) is 0 Å². The zero-order valence-electron chi connectivity index (χ0n) is 64.1. The molecule has 2 aliphatic heterocycles. The number of hydrogen-bond donors (Lipinski definition) is 4. The van der Waals surface area contributed by atoms with E-state index in [1.165, 1.54) is 99.0 Å². The predicted molar refractivity (Wildman–Crippen MR) is 377 cm³/mol. The number of nitrogens with one attached hydrogen (secondary N) is 3. The normalized spacial score (nSPS) is 23.6. The Hall–Kier alpha value is -7.47. The summed E-state index contributed by atoms with van der Waals surface area (Å²) in [4.78, 5) is 188. The van der Waals surface area contributed by atoms with Gasteiger partial charge in [0.15, 0.2) is 0 Å². The lowest BCUT2D eigenvalue weighted by atomic mass is 9.95. The van der Waals surface area contributed by atoms with Gasteiger partial charge in [-0.3, -0.25) is 57.5 Å². The van der Waals surface area contributed by atoms with E-state index >= 15 is 19.2 Å². The van der Waals surface area contributed by atoms with Gasteiger partial charge in [0.2, 0.25) is 70.9 Å². The summed E-state index contributed by atoms with van der Waals surface area (Å²) in [5.74, 6) is -10.1. The second kappa shape index (κ2) is 40.0. The van der Waals surface area contributed by atoms with E-state index in [0.717, 1.165) is 48.0 Å². The van der Waals surface area contributed by atoms with Crippen molar-refractivity contribution in [2.75, 3.05) is 115 Å². The van der Waals surface area contributed by atoms with E-state index in [4.69, 9.17) is 9.47 Å². The number of piperidine rings is 1. The number of alkyl halides is 3. The monoisotopic (exact) mass is 1450 g/mol. The third kappa shape index (κ3) is 26.7. The maximum Gasteiger partial charge on any atom is 0.416 e. The first-order valence-electron chi connectivity index (χ1n) is 35.6. The number of benzene rings is 1. The van der Waals surface area contributed by atoms with Gasteiger partial charge in [0.1, 0.15) is 47.8 Å². The molecule has 2 fully saturated rings. The van der Waals surface area contributed by atoms with Crippen LogP contribution in [0.15, 0.2) is 24.3 Å². The van der Waals surface area contributed by atoms with Gasteiger partial charge in [-0.05, 0) is 127 Å². The molecule has 0 bridgehead atoms. The van der Waals surface area contributed by atoms with Crippen LogP contribution in [0.2, 0.25) is 0 Å². The Morgan fingerprint density at radius 1 is 0.618 bits per heavy atom. The Morgan fingerprint density at radius 2 is 1.19 bits per heavy atom. The van der Waals surface area contributed by atoms with Gasteiger partial charge in [-0.25, -0.2) is 0 Å². The van der Waals surface area contributed by atoms with Gasteiger partial charge < -0.3 is 74.6 Å². The number of halogens is 3. The lowest BCUT2D eigenvalue weighted by molar-refractivity contribution is -0.155. The molecule has 0 spiro atoms. The van der Waals surface area contributed by atoms with Gasteiger partial charge in [-0.2, -0.15) is 13.2 Å². The number of likely N-dealkylation sites (tertiary alicyclic amines) is 1. The summed E-state index contributed by atoms with van der Waals surface area (Å²) in [6, 6.07) is -5.82. The molecule has 0 aliphatic carbocycles. The number of aliphatic hydroxyl groups is 1. The molecule has 12 amide bonds. The summed E-state index contributed by atoms with van der Waals surface area (Å²) in [6.45, 7) is 19.5. The van der Waals surface area contributed by atoms with E-state index < -0.39 is 175 Å². The van der Waals surface area contributed by atoms with Crippen LogP contribution in [0, 0.1) is 23.7 Å². The van der Waals surface area contributed by atoms with Crippen LogP contribution in [-0.4, -0.2) is 289 Å². The van der Waals surface area contributed by atoms with Gasteiger partial charge >= 0.3 is 6.18 Å². The van der Waals surface area contributed by atoms with Gasteiger partial charge in [0.05, 0.1) is 57.0 Å². The minimum atomic E-state index is -4.67. The third-order valence-electron chi connectivity index (χ3n) is 18.8. The molecule has 0 aromatic heterocycles. The SMILES string of the molecule is CC[C@H](C)[C@@H]1NC(=O)[C@H](CC(C)C)N(C)C(=O)CC(C(=O)N2CCCCC2)N(C)C(=O)[C@H](CC(C)C)N(C)C(=O)C(C)(C)NC(=O)[C@H](COCC(C)(C)O)N(C)C(=O)[C@H](CCc2ccc(C(F)(F)F)cc2)NC(=O)CN(C)C(=O)[C@H](COCCC(C)C)N(C)C(=O)CN(C)C(=O)CN(CC)C1=O. The highest BCUT2D eigenvalue weighted by Crippen LogP contribution is 2.30. The van der Waals surface area contributed by atoms with Crippen LogP contribution in [0.3, 0.4) is 0 Å². The highest BCUT2D eigenvalue weighted by Gasteiger charge is 2.45. The number of amides is 12. The lowest BCUT2D eigenvalue weighted by Gasteiger charge is -2.40. The summed E-state index contributed by atoms with van der Waals surface area (Å²) in [5.41, 5.74) is -4.02. The number of rotatable bonds is 20. The average Bonchev–Trinajstić information content (AvgIpc) is 0.807. The van der Waals surface area contributed by atoms with Crippen molar-refractivity contribution in [1.82, 2.24) is 60.0 Å². The second-order valence-corrected chi connectivity index (χ2v) is 30.0. The van der Waals surface area contributed by atoms with Gasteiger partial charge in [-0.15, -0.1) is 0 Å². The quantitative estimate of drug-likeness (QED) is 0.135. The number of aryl methyl sites for hydroxylation is 1. The van der Waals surface area contributed by atoms with Crippen molar-refractivity contribution in [2.45, 2.75) is 214 Å². The molecule has 102 heavy (non-hydrogen) atoms. The van der Waals surface area contributed by atoms with Crippen molar-refractivity contribution < 1.29 is 85.3 Å². The molecule has 27 nitrogen and oxygen atoms in total.